The Kier molecular flexibility index (Phi) is 5.62. The molecule has 0 heterocycles. The predicted octanol–water partition coefficient (Wildman–Crippen LogP) is 3.93. The molecule has 1 saturated carbocycles. The van der Waals surface area contributed by atoms with Gasteiger partial charge in [0.05, 0.1) is 5.60 Å². The molecule has 0 aromatic heterocycles. The standard InChI is InChI=1S/C18H29NO/c1-15-8-7-13-18(14-15,20-2)17(19)12-6-11-16-9-4-3-5-10-16/h3-5,9-10,15,17H,6-8,11-14,19H2,1-2H3. The Morgan fingerprint density at radius 1 is 1.35 bits per heavy atom. The maximum absolute atomic E-state index is 6.50. The maximum atomic E-state index is 6.50. The minimum absolute atomic E-state index is 0.0750. The number of hydrogen-bond acceptors (Lipinski definition) is 2. The number of aryl methyl sites for hydroxylation is 1. The molecule has 2 heteroatoms. The van der Waals surface area contributed by atoms with E-state index in [1.54, 1.807) is 0 Å². The predicted molar refractivity (Wildman–Crippen MR) is 84.7 cm³/mol. The molecular weight excluding hydrogens is 246 g/mol. The first-order chi connectivity index (χ1) is 9.66. The summed E-state index contributed by atoms with van der Waals surface area (Å²) in [6.07, 6.45) is 8.13. The van der Waals surface area contributed by atoms with Gasteiger partial charge >= 0.3 is 0 Å². The van der Waals surface area contributed by atoms with Crippen LogP contribution in [0, 0.1) is 5.92 Å². The van der Waals surface area contributed by atoms with E-state index in [4.69, 9.17) is 10.5 Å². The Morgan fingerprint density at radius 3 is 2.75 bits per heavy atom. The number of rotatable bonds is 6. The molecule has 20 heavy (non-hydrogen) atoms. The van der Waals surface area contributed by atoms with Crippen molar-refractivity contribution in [2.45, 2.75) is 63.5 Å². The molecule has 0 amide bonds. The molecule has 1 aromatic carbocycles. The van der Waals surface area contributed by atoms with Crippen LogP contribution in [-0.2, 0) is 11.2 Å². The van der Waals surface area contributed by atoms with Crippen LogP contribution in [-0.4, -0.2) is 18.8 Å². The molecule has 2 rings (SSSR count). The summed E-state index contributed by atoms with van der Waals surface area (Å²) in [5.74, 6) is 0.740. The van der Waals surface area contributed by atoms with Crippen LogP contribution >= 0.6 is 0 Å². The fourth-order valence-corrected chi connectivity index (χ4v) is 3.65. The van der Waals surface area contributed by atoms with Gasteiger partial charge in [-0.2, -0.15) is 0 Å². The molecule has 1 aromatic rings. The van der Waals surface area contributed by atoms with E-state index in [1.807, 2.05) is 7.11 Å². The Balaban J connectivity index is 1.85. The van der Waals surface area contributed by atoms with Gasteiger partial charge in [-0.3, -0.25) is 0 Å². The molecule has 3 atom stereocenters. The fraction of sp³-hybridized carbons (Fsp3) is 0.667. The highest BCUT2D eigenvalue weighted by molar-refractivity contribution is 5.14. The molecule has 0 aliphatic heterocycles. The molecule has 1 aliphatic rings. The second-order valence-electron chi connectivity index (χ2n) is 6.45. The van der Waals surface area contributed by atoms with Crippen molar-refractivity contribution in [1.29, 1.82) is 0 Å². The monoisotopic (exact) mass is 275 g/mol. The van der Waals surface area contributed by atoms with Crippen molar-refractivity contribution in [1.82, 2.24) is 0 Å². The lowest BCUT2D eigenvalue weighted by Crippen LogP contribution is -2.52. The summed E-state index contributed by atoms with van der Waals surface area (Å²) in [4.78, 5) is 0. The molecule has 2 nitrogen and oxygen atoms in total. The zero-order valence-corrected chi connectivity index (χ0v) is 13.0. The van der Waals surface area contributed by atoms with Gasteiger partial charge in [0.1, 0.15) is 0 Å². The summed E-state index contributed by atoms with van der Waals surface area (Å²) >= 11 is 0. The molecule has 3 unspecified atom stereocenters. The lowest BCUT2D eigenvalue weighted by Gasteiger charge is -2.43. The molecule has 0 bridgehead atoms. The lowest BCUT2D eigenvalue weighted by molar-refractivity contribution is -0.0725. The summed E-state index contributed by atoms with van der Waals surface area (Å²) in [6.45, 7) is 2.32. The van der Waals surface area contributed by atoms with Crippen LogP contribution in [0.2, 0.25) is 0 Å². The Bertz CT molecular complexity index is 392. The summed E-state index contributed by atoms with van der Waals surface area (Å²) in [5, 5.41) is 0. The average molecular weight is 275 g/mol. The minimum atomic E-state index is -0.0750. The summed E-state index contributed by atoms with van der Waals surface area (Å²) in [6, 6.07) is 10.8. The second kappa shape index (κ2) is 7.24. The number of methoxy groups -OCH3 is 1. The fourth-order valence-electron chi connectivity index (χ4n) is 3.65. The van der Waals surface area contributed by atoms with E-state index in [0.29, 0.717) is 0 Å². The smallest absolute Gasteiger partial charge is 0.0831 e. The molecular formula is C18H29NO. The Hall–Kier alpha value is -0.860. The third-order valence-electron chi connectivity index (χ3n) is 4.90. The zero-order chi connectivity index (χ0) is 14.4. The molecule has 0 saturated heterocycles. The number of ether oxygens (including phenoxy) is 1. The van der Waals surface area contributed by atoms with Gasteiger partial charge in [0, 0.05) is 13.2 Å². The first-order valence-corrected chi connectivity index (χ1v) is 8.01. The van der Waals surface area contributed by atoms with Crippen molar-refractivity contribution in [3.8, 4) is 0 Å². The topological polar surface area (TPSA) is 35.2 Å². The second-order valence-corrected chi connectivity index (χ2v) is 6.45. The highest BCUT2D eigenvalue weighted by Crippen LogP contribution is 2.37. The van der Waals surface area contributed by atoms with Crippen LogP contribution in [0.5, 0.6) is 0 Å². The SMILES string of the molecule is COC1(C(N)CCCc2ccccc2)CCCC(C)C1. The van der Waals surface area contributed by atoms with Gasteiger partial charge < -0.3 is 10.5 Å². The van der Waals surface area contributed by atoms with E-state index in [1.165, 1.54) is 18.4 Å². The Morgan fingerprint density at radius 2 is 2.10 bits per heavy atom. The van der Waals surface area contributed by atoms with Crippen molar-refractivity contribution in [2.24, 2.45) is 11.7 Å². The third-order valence-corrected chi connectivity index (χ3v) is 4.90. The van der Waals surface area contributed by atoms with E-state index in [9.17, 15) is 0 Å². The third kappa shape index (κ3) is 3.83. The van der Waals surface area contributed by atoms with E-state index >= 15 is 0 Å². The number of nitrogens with two attached hydrogens (primary N) is 1. The molecule has 0 radical (unpaired) electrons. The van der Waals surface area contributed by atoms with Crippen LogP contribution < -0.4 is 5.73 Å². The van der Waals surface area contributed by atoms with Crippen LogP contribution in [0.3, 0.4) is 0 Å². The van der Waals surface area contributed by atoms with E-state index in [0.717, 1.165) is 38.0 Å². The average Bonchev–Trinajstić information content (AvgIpc) is 2.48. The first kappa shape index (κ1) is 15.5. The van der Waals surface area contributed by atoms with Crippen LogP contribution in [0.15, 0.2) is 30.3 Å². The van der Waals surface area contributed by atoms with Gasteiger partial charge in [-0.15, -0.1) is 0 Å². The van der Waals surface area contributed by atoms with E-state index < -0.39 is 0 Å². The van der Waals surface area contributed by atoms with Crippen molar-refractivity contribution in [3.05, 3.63) is 35.9 Å². The summed E-state index contributed by atoms with van der Waals surface area (Å²) in [5.41, 5.74) is 7.83. The van der Waals surface area contributed by atoms with Crippen LogP contribution in [0.1, 0.15) is 51.0 Å². The van der Waals surface area contributed by atoms with Gasteiger partial charge in [-0.25, -0.2) is 0 Å². The molecule has 1 fully saturated rings. The quantitative estimate of drug-likeness (QED) is 0.853. The van der Waals surface area contributed by atoms with Gasteiger partial charge in [-0.1, -0.05) is 50.1 Å². The molecule has 112 valence electrons. The molecule has 1 aliphatic carbocycles. The number of benzene rings is 1. The maximum Gasteiger partial charge on any atom is 0.0831 e. The Labute approximate surface area is 123 Å². The summed E-state index contributed by atoms with van der Waals surface area (Å²) < 4.78 is 5.89. The van der Waals surface area contributed by atoms with E-state index in [2.05, 4.69) is 37.3 Å². The highest BCUT2D eigenvalue weighted by Gasteiger charge is 2.39. The van der Waals surface area contributed by atoms with Gasteiger partial charge in [0.15, 0.2) is 0 Å². The van der Waals surface area contributed by atoms with Gasteiger partial charge in [-0.05, 0) is 43.6 Å². The summed E-state index contributed by atoms with van der Waals surface area (Å²) in [7, 11) is 1.84. The normalized spacial score (nSPS) is 28.2. The van der Waals surface area contributed by atoms with Crippen molar-refractivity contribution in [2.75, 3.05) is 7.11 Å². The lowest BCUT2D eigenvalue weighted by atomic mass is 9.73. The van der Waals surface area contributed by atoms with Crippen LogP contribution in [0.25, 0.3) is 0 Å². The van der Waals surface area contributed by atoms with Gasteiger partial charge in [0.2, 0.25) is 0 Å². The highest BCUT2D eigenvalue weighted by atomic mass is 16.5. The minimum Gasteiger partial charge on any atom is -0.377 e. The largest absolute Gasteiger partial charge is 0.377 e. The first-order valence-electron chi connectivity index (χ1n) is 8.01. The zero-order valence-electron chi connectivity index (χ0n) is 13.0. The van der Waals surface area contributed by atoms with Crippen molar-refractivity contribution in [3.63, 3.8) is 0 Å². The van der Waals surface area contributed by atoms with Crippen molar-refractivity contribution >= 4 is 0 Å². The van der Waals surface area contributed by atoms with Crippen LogP contribution in [0.4, 0.5) is 0 Å². The molecule has 0 spiro atoms. The van der Waals surface area contributed by atoms with E-state index in [-0.39, 0.29) is 11.6 Å². The number of hydrogen-bond donors (Lipinski definition) is 1. The van der Waals surface area contributed by atoms with Crippen molar-refractivity contribution < 1.29 is 4.74 Å². The van der Waals surface area contributed by atoms with Gasteiger partial charge in [0.25, 0.3) is 0 Å². The molecule has 2 N–H and O–H groups in total.